The highest BCUT2D eigenvalue weighted by atomic mass is 16.1. The Bertz CT molecular complexity index is 465. The minimum atomic E-state index is 0.230. The van der Waals surface area contributed by atoms with E-state index in [2.05, 4.69) is 39.5 Å². The highest BCUT2D eigenvalue weighted by molar-refractivity contribution is 5.96. The fraction of sp³-hybridized carbons (Fsp3) is 0.471. The molecule has 0 bridgehead atoms. The number of unbranched alkanes of at least 4 members (excludes halogenated alkanes) is 1. The molecule has 1 unspecified atom stereocenters. The topological polar surface area (TPSA) is 17.1 Å². The first-order chi connectivity index (χ1) is 8.48. The van der Waals surface area contributed by atoms with Crippen molar-refractivity contribution in [1.82, 2.24) is 0 Å². The van der Waals surface area contributed by atoms with Gasteiger partial charge in [0, 0.05) is 17.9 Å². The van der Waals surface area contributed by atoms with Crippen LogP contribution in [0.2, 0.25) is 0 Å². The summed E-state index contributed by atoms with van der Waals surface area (Å²) in [5, 5.41) is 0. The molecule has 2 rings (SSSR count). The van der Waals surface area contributed by atoms with E-state index in [1.165, 1.54) is 11.1 Å². The number of hydrogen-bond donors (Lipinski definition) is 0. The summed E-state index contributed by atoms with van der Waals surface area (Å²) in [5.74, 6) is 0.731. The molecule has 18 heavy (non-hydrogen) atoms. The molecule has 96 valence electrons. The van der Waals surface area contributed by atoms with E-state index in [-0.39, 0.29) is 11.2 Å². The SMILES string of the molecule is C=C1C(c2ccc(C(=O)CCCC)cc2)C1(C)C. The molecular formula is C17H22O. The summed E-state index contributed by atoms with van der Waals surface area (Å²) in [6.07, 6.45) is 2.71. The number of Topliss-reactive ketones (excluding diaryl/α,β-unsaturated/α-hetero) is 1. The lowest BCUT2D eigenvalue weighted by molar-refractivity contribution is 0.0980. The number of carbonyl (C=O) groups is 1. The molecule has 0 radical (unpaired) electrons. The second kappa shape index (κ2) is 4.72. The van der Waals surface area contributed by atoms with Crippen molar-refractivity contribution in [2.45, 2.75) is 46.0 Å². The summed E-state index contributed by atoms with van der Waals surface area (Å²) >= 11 is 0. The summed E-state index contributed by atoms with van der Waals surface area (Å²) in [5.41, 5.74) is 3.66. The third kappa shape index (κ3) is 2.27. The quantitative estimate of drug-likeness (QED) is 0.538. The molecule has 1 fully saturated rings. The maximum absolute atomic E-state index is 11.9. The minimum absolute atomic E-state index is 0.230. The van der Waals surface area contributed by atoms with E-state index in [0.29, 0.717) is 12.3 Å². The maximum atomic E-state index is 11.9. The molecule has 0 saturated heterocycles. The van der Waals surface area contributed by atoms with E-state index >= 15 is 0 Å². The average Bonchev–Trinajstić information content (AvgIpc) is 2.86. The van der Waals surface area contributed by atoms with Gasteiger partial charge in [-0.15, -0.1) is 0 Å². The molecular weight excluding hydrogens is 220 g/mol. The third-order valence-electron chi connectivity index (χ3n) is 4.14. The Balaban J connectivity index is 2.07. The van der Waals surface area contributed by atoms with Gasteiger partial charge in [-0.1, -0.05) is 63.6 Å². The monoisotopic (exact) mass is 242 g/mol. The number of ketones is 1. The van der Waals surface area contributed by atoms with Crippen molar-refractivity contribution in [1.29, 1.82) is 0 Å². The van der Waals surface area contributed by atoms with Crippen LogP contribution in [0, 0.1) is 5.41 Å². The molecule has 1 aliphatic rings. The predicted octanol–water partition coefficient (Wildman–Crippen LogP) is 4.74. The van der Waals surface area contributed by atoms with Crippen molar-refractivity contribution in [3.63, 3.8) is 0 Å². The Morgan fingerprint density at radius 3 is 2.28 bits per heavy atom. The fourth-order valence-electron chi connectivity index (χ4n) is 2.60. The van der Waals surface area contributed by atoms with E-state index in [0.717, 1.165) is 18.4 Å². The number of carbonyl (C=O) groups excluding carboxylic acids is 1. The number of allylic oxidation sites excluding steroid dienone is 1. The Hall–Kier alpha value is -1.37. The highest BCUT2D eigenvalue weighted by Gasteiger charge is 2.51. The zero-order chi connectivity index (χ0) is 13.3. The van der Waals surface area contributed by atoms with Gasteiger partial charge < -0.3 is 0 Å². The minimum Gasteiger partial charge on any atom is -0.294 e. The van der Waals surface area contributed by atoms with Gasteiger partial charge in [0.2, 0.25) is 0 Å². The Labute approximate surface area is 110 Å². The first-order valence-electron chi connectivity index (χ1n) is 6.81. The van der Waals surface area contributed by atoms with Gasteiger partial charge in [-0.05, 0) is 17.4 Å². The van der Waals surface area contributed by atoms with Crippen LogP contribution in [0.3, 0.4) is 0 Å². The van der Waals surface area contributed by atoms with Gasteiger partial charge in [-0.2, -0.15) is 0 Å². The van der Waals surface area contributed by atoms with Crippen LogP contribution in [-0.2, 0) is 0 Å². The van der Waals surface area contributed by atoms with E-state index in [1.54, 1.807) is 0 Å². The number of benzene rings is 1. The molecule has 1 aromatic carbocycles. The molecule has 1 aromatic rings. The largest absolute Gasteiger partial charge is 0.294 e. The average molecular weight is 242 g/mol. The van der Waals surface area contributed by atoms with Gasteiger partial charge in [-0.3, -0.25) is 4.79 Å². The molecule has 1 atom stereocenters. The van der Waals surface area contributed by atoms with Crippen LogP contribution < -0.4 is 0 Å². The molecule has 0 aliphatic heterocycles. The smallest absolute Gasteiger partial charge is 0.162 e. The van der Waals surface area contributed by atoms with Crippen LogP contribution in [-0.4, -0.2) is 5.78 Å². The number of rotatable bonds is 5. The second-order valence-electron chi connectivity index (χ2n) is 5.83. The summed E-state index contributed by atoms with van der Waals surface area (Å²) in [6.45, 7) is 10.7. The molecule has 1 nitrogen and oxygen atoms in total. The molecule has 0 N–H and O–H groups in total. The fourth-order valence-corrected chi connectivity index (χ4v) is 2.60. The van der Waals surface area contributed by atoms with E-state index in [1.807, 2.05) is 12.1 Å². The lowest BCUT2D eigenvalue weighted by Crippen LogP contribution is -1.99. The molecule has 1 aliphatic carbocycles. The maximum Gasteiger partial charge on any atom is 0.162 e. The molecule has 1 heteroatoms. The normalized spacial score (nSPS) is 20.8. The zero-order valence-corrected chi connectivity index (χ0v) is 11.6. The van der Waals surface area contributed by atoms with Crippen molar-refractivity contribution in [2.75, 3.05) is 0 Å². The van der Waals surface area contributed by atoms with Gasteiger partial charge in [-0.25, -0.2) is 0 Å². The summed E-state index contributed by atoms with van der Waals surface area (Å²) in [7, 11) is 0. The van der Waals surface area contributed by atoms with Crippen LogP contribution in [0.15, 0.2) is 36.4 Å². The van der Waals surface area contributed by atoms with Gasteiger partial charge >= 0.3 is 0 Å². The van der Waals surface area contributed by atoms with Gasteiger partial charge in [0.05, 0.1) is 0 Å². The predicted molar refractivity (Wildman–Crippen MR) is 76.0 cm³/mol. The molecule has 0 amide bonds. The van der Waals surface area contributed by atoms with E-state index in [4.69, 9.17) is 0 Å². The van der Waals surface area contributed by atoms with Crippen molar-refractivity contribution in [3.8, 4) is 0 Å². The third-order valence-corrected chi connectivity index (χ3v) is 4.14. The first-order valence-corrected chi connectivity index (χ1v) is 6.81. The summed E-state index contributed by atoms with van der Waals surface area (Å²) < 4.78 is 0. The van der Waals surface area contributed by atoms with Crippen molar-refractivity contribution in [3.05, 3.63) is 47.5 Å². The van der Waals surface area contributed by atoms with Gasteiger partial charge in [0.25, 0.3) is 0 Å². The Morgan fingerprint density at radius 1 is 1.28 bits per heavy atom. The molecule has 0 aromatic heterocycles. The zero-order valence-electron chi connectivity index (χ0n) is 11.6. The van der Waals surface area contributed by atoms with Crippen molar-refractivity contribution < 1.29 is 4.79 Å². The number of hydrogen-bond acceptors (Lipinski definition) is 1. The van der Waals surface area contributed by atoms with E-state index < -0.39 is 0 Å². The molecule has 0 spiro atoms. The standard InChI is InChI=1S/C17H22O/c1-5-6-7-15(18)13-8-10-14(11-9-13)16-12(2)17(16,3)4/h8-11,16H,2,5-7H2,1,3-4H3. The first kappa shape index (κ1) is 13.1. The Kier molecular flexibility index (Phi) is 3.43. The van der Waals surface area contributed by atoms with Crippen LogP contribution >= 0.6 is 0 Å². The molecule has 1 saturated carbocycles. The summed E-state index contributed by atoms with van der Waals surface area (Å²) in [4.78, 5) is 11.9. The summed E-state index contributed by atoms with van der Waals surface area (Å²) in [6, 6.07) is 8.11. The van der Waals surface area contributed by atoms with Gasteiger partial charge in [0.15, 0.2) is 5.78 Å². The van der Waals surface area contributed by atoms with Crippen LogP contribution in [0.4, 0.5) is 0 Å². The highest BCUT2D eigenvalue weighted by Crippen LogP contribution is 2.62. The second-order valence-corrected chi connectivity index (χ2v) is 5.83. The lowest BCUT2D eigenvalue weighted by atomic mass is 9.99. The molecule has 0 heterocycles. The Morgan fingerprint density at radius 2 is 1.83 bits per heavy atom. The van der Waals surface area contributed by atoms with Gasteiger partial charge in [0.1, 0.15) is 0 Å². The van der Waals surface area contributed by atoms with E-state index in [9.17, 15) is 4.79 Å². The van der Waals surface area contributed by atoms with Crippen LogP contribution in [0.25, 0.3) is 0 Å². The van der Waals surface area contributed by atoms with Crippen molar-refractivity contribution >= 4 is 5.78 Å². The van der Waals surface area contributed by atoms with Crippen molar-refractivity contribution in [2.24, 2.45) is 5.41 Å². The lowest BCUT2D eigenvalue weighted by Gasteiger charge is -2.04. The van der Waals surface area contributed by atoms with Crippen LogP contribution in [0.1, 0.15) is 61.9 Å². The van der Waals surface area contributed by atoms with Crippen LogP contribution in [0.5, 0.6) is 0 Å².